The van der Waals surface area contributed by atoms with Crippen LogP contribution < -0.4 is 10.9 Å². The molecule has 1 aliphatic rings. The summed E-state index contributed by atoms with van der Waals surface area (Å²) in [5.74, 6) is 1.28. The number of benzene rings is 1. The van der Waals surface area contributed by atoms with Crippen LogP contribution in [0.4, 0.5) is 0 Å². The van der Waals surface area contributed by atoms with Crippen LogP contribution in [0.1, 0.15) is 67.0 Å². The Balaban J connectivity index is 1.53. The topological polar surface area (TPSA) is 62.4 Å². The molecule has 1 atom stereocenters. The molecule has 3 aromatic rings. The van der Waals surface area contributed by atoms with Gasteiger partial charge in [0.2, 0.25) is 0 Å². The Morgan fingerprint density at radius 1 is 1.21 bits per heavy atom. The first kappa shape index (κ1) is 19.3. The molecule has 2 aromatic heterocycles. The molecule has 148 valence electrons. The van der Waals surface area contributed by atoms with Gasteiger partial charge >= 0.3 is 0 Å². The zero-order chi connectivity index (χ0) is 19.7. The monoisotopic (exact) mass is 396 g/mol. The number of rotatable bonds is 7. The highest BCUT2D eigenvalue weighted by molar-refractivity contribution is 7.18. The summed E-state index contributed by atoms with van der Waals surface area (Å²) in [5.41, 5.74) is 4.03. The lowest BCUT2D eigenvalue weighted by Gasteiger charge is -2.20. The minimum atomic E-state index is 0.0396. The molecule has 0 spiro atoms. The smallest absolute Gasteiger partial charge is 0.260 e. The van der Waals surface area contributed by atoms with E-state index >= 15 is 0 Å². The zero-order valence-electron chi connectivity index (χ0n) is 17.0. The van der Waals surface area contributed by atoms with Crippen molar-refractivity contribution in [1.29, 1.82) is 0 Å². The fraction of sp³-hybridized carbons (Fsp3) is 0.478. The lowest BCUT2D eigenvalue weighted by molar-refractivity contribution is -0.718. The summed E-state index contributed by atoms with van der Waals surface area (Å²) in [6.45, 7) is 7.41. The van der Waals surface area contributed by atoms with Crippen LogP contribution >= 0.6 is 11.3 Å². The van der Waals surface area contributed by atoms with E-state index in [1.165, 1.54) is 34.4 Å². The third kappa shape index (κ3) is 3.78. The number of nitrogens with zero attached hydrogens (tertiary/aromatic N) is 1. The Bertz CT molecular complexity index is 1020. The first-order valence-electron chi connectivity index (χ1n) is 10.5. The standard InChI is InChI=1S/C23H29N3OS/c1-4-6-15-9-11-16(12-10-15)21(14(2)3)24-13-19-25-22(27)20-17-7-5-8-18(17)28-23(20)26-19/h9-12,14,21,24H,4-8,13H2,1-3H3,(H,25,26,27)/p+1/t21-/m0/s1. The van der Waals surface area contributed by atoms with Gasteiger partial charge in [-0.2, -0.15) is 0 Å². The second-order valence-electron chi connectivity index (χ2n) is 8.25. The second kappa shape index (κ2) is 8.18. The Labute approximate surface area is 170 Å². The summed E-state index contributed by atoms with van der Waals surface area (Å²) < 4.78 is 0. The predicted octanol–water partition coefficient (Wildman–Crippen LogP) is 3.89. The number of fused-ring (bicyclic) bond motifs is 3. The zero-order valence-corrected chi connectivity index (χ0v) is 17.9. The van der Waals surface area contributed by atoms with Crippen molar-refractivity contribution < 1.29 is 5.32 Å². The predicted molar refractivity (Wildman–Crippen MR) is 116 cm³/mol. The highest BCUT2D eigenvalue weighted by Crippen LogP contribution is 2.34. The Hall–Kier alpha value is -1.98. The number of H-pyrrole nitrogens is 1. The number of aromatic nitrogens is 2. The van der Waals surface area contributed by atoms with E-state index in [1.54, 1.807) is 11.3 Å². The van der Waals surface area contributed by atoms with Gasteiger partial charge in [0.15, 0.2) is 5.82 Å². The minimum absolute atomic E-state index is 0.0396. The van der Waals surface area contributed by atoms with E-state index < -0.39 is 0 Å². The first-order chi connectivity index (χ1) is 13.6. The van der Waals surface area contributed by atoms with Crippen LogP contribution in [0.2, 0.25) is 0 Å². The molecule has 0 saturated carbocycles. The fourth-order valence-corrected chi connectivity index (χ4v) is 5.65. The van der Waals surface area contributed by atoms with Crippen molar-refractivity contribution in [2.75, 3.05) is 0 Å². The van der Waals surface area contributed by atoms with Gasteiger partial charge in [0.1, 0.15) is 17.4 Å². The number of nitrogens with two attached hydrogens (primary N) is 1. The lowest BCUT2D eigenvalue weighted by atomic mass is 9.94. The van der Waals surface area contributed by atoms with Crippen LogP contribution in [-0.4, -0.2) is 9.97 Å². The van der Waals surface area contributed by atoms with Crippen LogP contribution in [0.5, 0.6) is 0 Å². The highest BCUT2D eigenvalue weighted by Gasteiger charge is 2.23. The van der Waals surface area contributed by atoms with Gasteiger partial charge in [0, 0.05) is 16.4 Å². The maximum absolute atomic E-state index is 12.7. The van der Waals surface area contributed by atoms with Crippen molar-refractivity contribution in [3.63, 3.8) is 0 Å². The summed E-state index contributed by atoms with van der Waals surface area (Å²) in [6.07, 6.45) is 5.59. The lowest BCUT2D eigenvalue weighted by Crippen LogP contribution is -2.85. The van der Waals surface area contributed by atoms with Crippen molar-refractivity contribution in [2.45, 2.75) is 65.5 Å². The number of hydrogen-bond acceptors (Lipinski definition) is 3. The number of aryl methyl sites for hydroxylation is 3. The molecule has 0 aliphatic heterocycles. The van der Waals surface area contributed by atoms with Crippen molar-refractivity contribution in [3.05, 3.63) is 62.0 Å². The minimum Gasteiger partial charge on any atom is -0.334 e. The largest absolute Gasteiger partial charge is 0.334 e. The molecule has 1 aliphatic carbocycles. The summed E-state index contributed by atoms with van der Waals surface area (Å²) in [6, 6.07) is 9.37. The SMILES string of the molecule is CCCc1ccc([C@@H]([NH2+]Cc2nc3sc4c(c3c(=O)[nH]2)CCC4)C(C)C)cc1. The van der Waals surface area contributed by atoms with Gasteiger partial charge in [-0.15, -0.1) is 11.3 Å². The summed E-state index contributed by atoms with van der Waals surface area (Å²) in [4.78, 5) is 22.8. The van der Waals surface area contributed by atoms with E-state index in [1.807, 2.05) is 0 Å². The molecule has 0 unspecified atom stereocenters. The quantitative estimate of drug-likeness (QED) is 0.636. The Morgan fingerprint density at radius 2 is 2.00 bits per heavy atom. The summed E-state index contributed by atoms with van der Waals surface area (Å²) >= 11 is 1.71. The van der Waals surface area contributed by atoms with Crippen LogP contribution in [0.15, 0.2) is 29.1 Å². The van der Waals surface area contributed by atoms with E-state index in [9.17, 15) is 4.79 Å². The van der Waals surface area contributed by atoms with Gasteiger partial charge < -0.3 is 10.3 Å². The van der Waals surface area contributed by atoms with Crippen molar-refractivity contribution in [2.24, 2.45) is 5.92 Å². The van der Waals surface area contributed by atoms with E-state index in [0.29, 0.717) is 18.5 Å². The number of hydrogen-bond donors (Lipinski definition) is 2. The summed E-state index contributed by atoms with van der Waals surface area (Å²) in [5, 5.41) is 3.15. The van der Waals surface area contributed by atoms with E-state index in [-0.39, 0.29) is 5.56 Å². The maximum Gasteiger partial charge on any atom is 0.260 e. The Morgan fingerprint density at radius 3 is 2.71 bits per heavy atom. The molecule has 1 aromatic carbocycles. The molecule has 2 heterocycles. The van der Waals surface area contributed by atoms with Crippen LogP contribution in [0.25, 0.3) is 10.2 Å². The van der Waals surface area contributed by atoms with Crippen molar-refractivity contribution in [3.8, 4) is 0 Å². The average Bonchev–Trinajstić information content (AvgIpc) is 3.24. The number of thiophene rings is 1. The van der Waals surface area contributed by atoms with Crippen molar-refractivity contribution in [1.82, 2.24) is 9.97 Å². The molecular weight excluding hydrogens is 366 g/mol. The fourth-order valence-electron chi connectivity index (χ4n) is 4.37. The Kier molecular flexibility index (Phi) is 5.65. The molecule has 0 saturated heterocycles. The molecular formula is C23H30N3OS+. The van der Waals surface area contributed by atoms with Gasteiger partial charge in [-0.3, -0.25) is 4.79 Å². The van der Waals surface area contributed by atoms with E-state index in [4.69, 9.17) is 4.98 Å². The molecule has 4 nitrogen and oxygen atoms in total. The molecule has 3 N–H and O–H groups in total. The molecule has 0 fully saturated rings. The number of aromatic amines is 1. The normalized spacial score (nSPS) is 14.7. The summed E-state index contributed by atoms with van der Waals surface area (Å²) in [7, 11) is 0. The van der Waals surface area contributed by atoms with E-state index in [0.717, 1.165) is 35.3 Å². The third-order valence-electron chi connectivity index (χ3n) is 5.81. The van der Waals surface area contributed by atoms with E-state index in [2.05, 4.69) is 55.3 Å². The molecule has 5 heteroatoms. The first-order valence-corrected chi connectivity index (χ1v) is 11.3. The number of nitrogens with one attached hydrogen (secondary N) is 1. The maximum atomic E-state index is 12.7. The molecule has 0 radical (unpaired) electrons. The average molecular weight is 397 g/mol. The number of quaternary nitrogens is 1. The van der Waals surface area contributed by atoms with Crippen LogP contribution in [0, 0.1) is 5.92 Å². The molecule has 0 amide bonds. The van der Waals surface area contributed by atoms with Gasteiger partial charge in [0.25, 0.3) is 5.56 Å². The molecule has 28 heavy (non-hydrogen) atoms. The third-order valence-corrected chi connectivity index (χ3v) is 7.00. The van der Waals surface area contributed by atoms with Crippen LogP contribution in [0.3, 0.4) is 0 Å². The highest BCUT2D eigenvalue weighted by atomic mass is 32.1. The van der Waals surface area contributed by atoms with Crippen molar-refractivity contribution >= 4 is 21.6 Å². The molecule has 0 bridgehead atoms. The van der Waals surface area contributed by atoms with Gasteiger partial charge in [-0.25, -0.2) is 4.98 Å². The second-order valence-corrected chi connectivity index (χ2v) is 9.33. The van der Waals surface area contributed by atoms with Gasteiger partial charge in [-0.05, 0) is 36.8 Å². The molecule has 4 rings (SSSR count). The van der Waals surface area contributed by atoms with Gasteiger partial charge in [0.05, 0.1) is 5.39 Å². The van der Waals surface area contributed by atoms with Crippen LogP contribution in [-0.2, 0) is 25.8 Å². The van der Waals surface area contributed by atoms with Gasteiger partial charge in [-0.1, -0.05) is 51.5 Å².